The molecule has 2 aromatic rings. The van der Waals surface area contributed by atoms with Crippen LogP contribution >= 0.6 is 0 Å². The molecule has 0 fully saturated rings. The molecular formula is C17H19N3O3. The van der Waals surface area contributed by atoms with E-state index in [9.17, 15) is 9.59 Å². The largest absolute Gasteiger partial charge is 0.492 e. The van der Waals surface area contributed by atoms with Gasteiger partial charge in [-0.2, -0.15) is 0 Å². The van der Waals surface area contributed by atoms with Gasteiger partial charge in [0.1, 0.15) is 18.2 Å². The molecule has 1 aromatic heterocycles. The Labute approximate surface area is 133 Å². The fourth-order valence-corrected chi connectivity index (χ4v) is 2.72. The van der Waals surface area contributed by atoms with Crippen molar-refractivity contribution in [3.05, 3.63) is 57.8 Å². The lowest BCUT2D eigenvalue weighted by Crippen LogP contribution is -2.38. The maximum atomic E-state index is 12.3. The third-order valence-electron chi connectivity index (χ3n) is 3.84. The molecule has 0 saturated heterocycles. The maximum Gasteiger partial charge on any atom is 0.251 e. The Morgan fingerprint density at radius 1 is 1.43 bits per heavy atom. The third-order valence-corrected chi connectivity index (χ3v) is 3.84. The van der Waals surface area contributed by atoms with Crippen LogP contribution in [0.1, 0.15) is 17.1 Å². The molecule has 2 N–H and O–H groups in total. The summed E-state index contributed by atoms with van der Waals surface area (Å²) in [5.41, 5.74) is 1.57. The van der Waals surface area contributed by atoms with Crippen molar-refractivity contribution >= 4 is 5.91 Å². The van der Waals surface area contributed by atoms with Crippen LogP contribution in [0.2, 0.25) is 0 Å². The number of aryl methyl sites for hydroxylation is 1. The summed E-state index contributed by atoms with van der Waals surface area (Å²) in [4.78, 5) is 30.5. The number of fused-ring (bicyclic) bond motifs is 1. The Morgan fingerprint density at radius 3 is 3.09 bits per heavy atom. The van der Waals surface area contributed by atoms with Crippen molar-refractivity contribution in [2.24, 2.45) is 5.92 Å². The number of H-pyrrole nitrogens is 1. The fraction of sp³-hybridized carbons (Fsp3) is 0.353. The van der Waals surface area contributed by atoms with Crippen LogP contribution in [0.4, 0.5) is 0 Å². The summed E-state index contributed by atoms with van der Waals surface area (Å²) < 4.78 is 5.63. The highest BCUT2D eigenvalue weighted by Gasteiger charge is 2.25. The van der Waals surface area contributed by atoms with Gasteiger partial charge in [-0.15, -0.1) is 0 Å². The lowest BCUT2D eigenvalue weighted by atomic mass is 9.96. The molecule has 1 amide bonds. The number of aromatic amines is 1. The molecular weight excluding hydrogens is 294 g/mol. The second-order valence-electron chi connectivity index (χ2n) is 5.68. The first kappa shape index (κ1) is 15.3. The van der Waals surface area contributed by atoms with Gasteiger partial charge in [0, 0.05) is 24.7 Å². The number of carbonyl (C=O) groups excluding carboxylic acids is 1. The molecule has 0 radical (unpaired) electrons. The number of rotatable bonds is 4. The van der Waals surface area contributed by atoms with Crippen LogP contribution in [0.15, 0.2) is 35.1 Å². The van der Waals surface area contributed by atoms with Gasteiger partial charge in [0.2, 0.25) is 5.91 Å². The predicted molar refractivity (Wildman–Crippen MR) is 85.4 cm³/mol. The average molecular weight is 313 g/mol. The number of ether oxygens (including phenoxy) is 1. The van der Waals surface area contributed by atoms with E-state index >= 15 is 0 Å². The van der Waals surface area contributed by atoms with Crippen LogP contribution in [0.3, 0.4) is 0 Å². The first-order valence-corrected chi connectivity index (χ1v) is 7.67. The molecule has 6 nitrogen and oxygen atoms in total. The van der Waals surface area contributed by atoms with Crippen molar-refractivity contribution in [3.8, 4) is 5.75 Å². The molecule has 1 aliphatic heterocycles. The minimum atomic E-state index is -0.182. The third kappa shape index (κ3) is 3.77. The number of amides is 1. The topological polar surface area (TPSA) is 84.1 Å². The zero-order valence-electron chi connectivity index (χ0n) is 13.0. The first-order valence-electron chi connectivity index (χ1n) is 7.67. The molecule has 1 aliphatic rings. The SMILES string of the molecule is Cc1nc(CCNC(=O)[C@@H]2COc3ccccc3C2)cc(=O)[nH]1. The molecule has 0 aliphatic carbocycles. The Balaban J connectivity index is 1.53. The lowest BCUT2D eigenvalue weighted by Gasteiger charge is -2.24. The van der Waals surface area contributed by atoms with Crippen LogP contribution in [0.25, 0.3) is 0 Å². The summed E-state index contributed by atoms with van der Waals surface area (Å²) in [6.07, 6.45) is 1.21. The molecule has 0 unspecified atom stereocenters. The summed E-state index contributed by atoms with van der Waals surface area (Å²) in [5, 5.41) is 2.90. The minimum absolute atomic E-state index is 0.0268. The van der Waals surface area contributed by atoms with Crippen LogP contribution in [-0.2, 0) is 17.6 Å². The van der Waals surface area contributed by atoms with Crippen molar-refractivity contribution < 1.29 is 9.53 Å². The number of carbonyl (C=O) groups is 1. The molecule has 2 heterocycles. The van der Waals surface area contributed by atoms with E-state index in [0.717, 1.165) is 11.3 Å². The van der Waals surface area contributed by atoms with Gasteiger partial charge in [-0.1, -0.05) is 18.2 Å². The van der Waals surface area contributed by atoms with Crippen LogP contribution < -0.4 is 15.6 Å². The van der Waals surface area contributed by atoms with E-state index in [0.29, 0.717) is 37.5 Å². The van der Waals surface area contributed by atoms with E-state index < -0.39 is 0 Å². The molecule has 23 heavy (non-hydrogen) atoms. The number of para-hydroxylation sites is 1. The quantitative estimate of drug-likeness (QED) is 0.881. The lowest BCUT2D eigenvalue weighted by molar-refractivity contribution is -0.126. The van der Waals surface area contributed by atoms with Crippen molar-refractivity contribution in [1.29, 1.82) is 0 Å². The Bertz CT molecular complexity index is 770. The normalized spacial score (nSPS) is 16.3. The molecule has 0 spiro atoms. The van der Waals surface area contributed by atoms with Crippen LogP contribution in [-0.4, -0.2) is 29.0 Å². The molecule has 120 valence electrons. The van der Waals surface area contributed by atoms with E-state index in [1.165, 1.54) is 6.07 Å². The van der Waals surface area contributed by atoms with Crippen LogP contribution in [0, 0.1) is 12.8 Å². The molecule has 0 bridgehead atoms. The molecule has 6 heteroatoms. The molecule has 1 atom stereocenters. The highest BCUT2D eigenvalue weighted by molar-refractivity contribution is 5.79. The highest BCUT2D eigenvalue weighted by atomic mass is 16.5. The Morgan fingerprint density at radius 2 is 2.26 bits per heavy atom. The van der Waals surface area contributed by atoms with Gasteiger partial charge in [0.15, 0.2) is 0 Å². The number of hydrogen-bond acceptors (Lipinski definition) is 4. The summed E-state index contributed by atoms with van der Waals surface area (Å²) in [7, 11) is 0. The molecule has 1 aromatic carbocycles. The Kier molecular flexibility index (Phi) is 4.41. The second kappa shape index (κ2) is 6.64. The number of nitrogens with one attached hydrogen (secondary N) is 2. The van der Waals surface area contributed by atoms with Gasteiger partial charge in [0.25, 0.3) is 5.56 Å². The van der Waals surface area contributed by atoms with Crippen molar-refractivity contribution in [2.75, 3.05) is 13.2 Å². The average Bonchev–Trinajstić information content (AvgIpc) is 2.53. The zero-order chi connectivity index (χ0) is 16.2. The number of hydrogen-bond donors (Lipinski definition) is 2. The standard InChI is InChI=1S/C17H19N3O3/c1-11-19-14(9-16(21)20-11)6-7-18-17(22)13-8-12-4-2-3-5-15(12)23-10-13/h2-5,9,13H,6-8,10H2,1H3,(H,18,22)(H,19,20,21)/t13-/m0/s1. The van der Waals surface area contributed by atoms with Crippen LogP contribution in [0.5, 0.6) is 5.75 Å². The van der Waals surface area contributed by atoms with Gasteiger partial charge in [-0.25, -0.2) is 4.98 Å². The van der Waals surface area contributed by atoms with E-state index in [1.54, 1.807) is 6.92 Å². The molecule has 0 saturated carbocycles. The minimum Gasteiger partial charge on any atom is -0.492 e. The number of aromatic nitrogens is 2. The Hall–Kier alpha value is -2.63. The van der Waals surface area contributed by atoms with Gasteiger partial charge >= 0.3 is 0 Å². The van der Waals surface area contributed by atoms with Crippen molar-refractivity contribution in [2.45, 2.75) is 19.8 Å². The summed E-state index contributed by atoms with van der Waals surface area (Å²) in [6.45, 7) is 2.58. The first-order chi connectivity index (χ1) is 11.1. The van der Waals surface area contributed by atoms with Gasteiger partial charge < -0.3 is 15.0 Å². The zero-order valence-corrected chi connectivity index (χ0v) is 13.0. The smallest absolute Gasteiger partial charge is 0.251 e. The number of benzene rings is 1. The van der Waals surface area contributed by atoms with Crippen molar-refractivity contribution in [1.82, 2.24) is 15.3 Å². The summed E-state index contributed by atoms with van der Waals surface area (Å²) in [6, 6.07) is 9.24. The summed E-state index contributed by atoms with van der Waals surface area (Å²) in [5.74, 6) is 1.23. The maximum absolute atomic E-state index is 12.3. The predicted octanol–water partition coefficient (Wildman–Crippen LogP) is 0.988. The summed E-state index contributed by atoms with van der Waals surface area (Å²) >= 11 is 0. The monoisotopic (exact) mass is 313 g/mol. The second-order valence-corrected chi connectivity index (χ2v) is 5.68. The van der Waals surface area contributed by atoms with Gasteiger partial charge in [0.05, 0.1) is 5.92 Å². The number of nitrogens with zero attached hydrogens (tertiary/aromatic N) is 1. The van der Waals surface area contributed by atoms with E-state index in [1.807, 2.05) is 24.3 Å². The highest BCUT2D eigenvalue weighted by Crippen LogP contribution is 2.26. The van der Waals surface area contributed by atoms with E-state index in [-0.39, 0.29) is 17.4 Å². The van der Waals surface area contributed by atoms with E-state index in [4.69, 9.17) is 4.74 Å². The van der Waals surface area contributed by atoms with E-state index in [2.05, 4.69) is 15.3 Å². The van der Waals surface area contributed by atoms with Gasteiger partial charge in [-0.05, 0) is 25.0 Å². The van der Waals surface area contributed by atoms with Gasteiger partial charge in [-0.3, -0.25) is 9.59 Å². The fourth-order valence-electron chi connectivity index (χ4n) is 2.72. The molecule has 3 rings (SSSR count). The van der Waals surface area contributed by atoms with Crippen molar-refractivity contribution in [3.63, 3.8) is 0 Å².